The van der Waals surface area contributed by atoms with Crippen molar-refractivity contribution >= 4 is 23.6 Å². The summed E-state index contributed by atoms with van der Waals surface area (Å²) in [5, 5.41) is 11.5. The predicted molar refractivity (Wildman–Crippen MR) is 89.2 cm³/mol. The fourth-order valence-corrected chi connectivity index (χ4v) is 1.95. The Kier molecular flexibility index (Phi) is 6.58. The maximum absolute atomic E-state index is 12.1. The van der Waals surface area contributed by atoms with Gasteiger partial charge in [-0.15, -0.1) is 0 Å². The van der Waals surface area contributed by atoms with E-state index >= 15 is 0 Å². The standard InChI is InChI=1S/C16H23N3O5/c1-9(2)24-13-6-5-11(7-12(13)14(17)20)18-16(23)19(4)8-10(3)15(21)22/h5-7,9-10H,8H2,1-4H3,(H2,17,20)(H,18,23)(H,21,22). The van der Waals surface area contributed by atoms with Crippen molar-refractivity contribution in [3.05, 3.63) is 23.8 Å². The largest absolute Gasteiger partial charge is 0.490 e. The van der Waals surface area contributed by atoms with E-state index in [0.717, 1.165) is 0 Å². The van der Waals surface area contributed by atoms with Crippen LogP contribution in [0.15, 0.2) is 18.2 Å². The number of rotatable bonds is 7. The van der Waals surface area contributed by atoms with Crippen LogP contribution in [0.5, 0.6) is 5.75 Å². The number of carboxylic acids is 1. The molecule has 0 heterocycles. The van der Waals surface area contributed by atoms with Crippen molar-refractivity contribution < 1.29 is 24.2 Å². The van der Waals surface area contributed by atoms with E-state index in [4.69, 9.17) is 15.6 Å². The number of hydrogen-bond acceptors (Lipinski definition) is 4. The lowest BCUT2D eigenvalue weighted by Gasteiger charge is -2.20. The number of aliphatic carboxylic acids is 1. The summed E-state index contributed by atoms with van der Waals surface area (Å²) in [7, 11) is 1.49. The number of nitrogens with two attached hydrogens (primary N) is 1. The van der Waals surface area contributed by atoms with Gasteiger partial charge in [0.25, 0.3) is 5.91 Å². The lowest BCUT2D eigenvalue weighted by atomic mass is 10.1. The van der Waals surface area contributed by atoms with Gasteiger partial charge in [0.2, 0.25) is 0 Å². The van der Waals surface area contributed by atoms with Crippen LogP contribution in [-0.4, -0.2) is 47.6 Å². The van der Waals surface area contributed by atoms with Gasteiger partial charge in [-0.1, -0.05) is 6.92 Å². The van der Waals surface area contributed by atoms with Crippen molar-refractivity contribution in [3.8, 4) is 5.75 Å². The second kappa shape index (κ2) is 8.19. The maximum Gasteiger partial charge on any atom is 0.321 e. The minimum Gasteiger partial charge on any atom is -0.490 e. The zero-order chi connectivity index (χ0) is 18.4. The highest BCUT2D eigenvalue weighted by atomic mass is 16.5. The average molecular weight is 337 g/mol. The maximum atomic E-state index is 12.1. The predicted octanol–water partition coefficient (Wildman–Crippen LogP) is 1.76. The van der Waals surface area contributed by atoms with Crippen LogP contribution in [-0.2, 0) is 4.79 Å². The number of carbonyl (C=O) groups is 3. The van der Waals surface area contributed by atoms with Gasteiger partial charge in [-0.2, -0.15) is 0 Å². The average Bonchev–Trinajstić information content (AvgIpc) is 2.47. The number of ether oxygens (including phenoxy) is 1. The van der Waals surface area contributed by atoms with Crippen molar-refractivity contribution in [2.45, 2.75) is 26.9 Å². The Hall–Kier alpha value is -2.77. The Morgan fingerprint density at radius 3 is 2.42 bits per heavy atom. The van der Waals surface area contributed by atoms with Crippen LogP contribution in [0.4, 0.5) is 10.5 Å². The zero-order valence-electron chi connectivity index (χ0n) is 14.2. The van der Waals surface area contributed by atoms with Gasteiger partial charge in [0.05, 0.1) is 17.6 Å². The van der Waals surface area contributed by atoms with Gasteiger partial charge in [-0.25, -0.2) is 4.79 Å². The zero-order valence-corrected chi connectivity index (χ0v) is 14.2. The first-order valence-electron chi connectivity index (χ1n) is 7.47. The Bertz CT molecular complexity index is 630. The van der Waals surface area contributed by atoms with Crippen LogP contribution >= 0.6 is 0 Å². The molecule has 0 saturated carbocycles. The molecule has 1 rings (SSSR count). The summed E-state index contributed by atoms with van der Waals surface area (Å²) in [5.41, 5.74) is 5.86. The van der Waals surface area contributed by atoms with Crippen LogP contribution in [0.2, 0.25) is 0 Å². The number of benzene rings is 1. The number of urea groups is 1. The van der Waals surface area contributed by atoms with Gasteiger partial charge < -0.3 is 25.8 Å². The number of hydrogen-bond donors (Lipinski definition) is 3. The lowest BCUT2D eigenvalue weighted by molar-refractivity contribution is -0.141. The Balaban J connectivity index is 2.87. The number of nitrogens with zero attached hydrogens (tertiary/aromatic N) is 1. The summed E-state index contributed by atoms with van der Waals surface area (Å²) >= 11 is 0. The minimum absolute atomic E-state index is 0.0540. The first-order valence-corrected chi connectivity index (χ1v) is 7.47. The number of amides is 3. The molecule has 24 heavy (non-hydrogen) atoms. The van der Waals surface area contributed by atoms with Crippen LogP contribution in [0.25, 0.3) is 0 Å². The lowest BCUT2D eigenvalue weighted by Crippen LogP contribution is -2.36. The second-order valence-corrected chi connectivity index (χ2v) is 5.79. The summed E-state index contributed by atoms with van der Waals surface area (Å²) in [4.78, 5) is 35.7. The Morgan fingerprint density at radius 1 is 1.29 bits per heavy atom. The van der Waals surface area contributed by atoms with Crippen molar-refractivity contribution in [3.63, 3.8) is 0 Å². The number of primary amides is 1. The molecule has 132 valence electrons. The summed E-state index contributed by atoms with van der Waals surface area (Å²) in [6.07, 6.45) is -0.132. The molecule has 4 N–H and O–H groups in total. The topological polar surface area (TPSA) is 122 Å². The Labute approximate surface area is 140 Å². The van der Waals surface area contributed by atoms with Crippen LogP contribution in [0, 0.1) is 5.92 Å². The molecule has 0 aliphatic carbocycles. The van der Waals surface area contributed by atoms with Gasteiger partial charge in [0, 0.05) is 19.3 Å². The number of nitrogens with one attached hydrogen (secondary N) is 1. The molecule has 0 radical (unpaired) electrons. The molecular formula is C16H23N3O5. The molecule has 0 aliphatic rings. The molecule has 8 heteroatoms. The summed E-state index contributed by atoms with van der Waals surface area (Å²) in [6.45, 7) is 5.20. The van der Waals surface area contributed by atoms with E-state index in [-0.39, 0.29) is 18.2 Å². The third-order valence-corrected chi connectivity index (χ3v) is 3.17. The smallest absolute Gasteiger partial charge is 0.321 e. The molecule has 0 aliphatic heterocycles. The third-order valence-electron chi connectivity index (χ3n) is 3.17. The summed E-state index contributed by atoms with van der Waals surface area (Å²) in [6, 6.07) is 4.06. The highest BCUT2D eigenvalue weighted by molar-refractivity contribution is 5.98. The fourth-order valence-electron chi connectivity index (χ4n) is 1.95. The molecule has 0 bridgehead atoms. The van der Waals surface area contributed by atoms with Gasteiger partial charge in [-0.05, 0) is 32.0 Å². The van der Waals surface area contributed by atoms with Crippen LogP contribution in [0.1, 0.15) is 31.1 Å². The first-order chi connectivity index (χ1) is 11.1. The SMILES string of the molecule is CC(C)Oc1ccc(NC(=O)N(C)CC(C)C(=O)O)cc1C(N)=O. The van der Waals surface area contributed by atoms with Gasteiger partial charge in [-0.3, -0.25) is 9.59 Å². The van der Waals surface area contributed by atoms with Crippen molar-refractivity contribution in [1.29, 1.82) is 0 Å². The Morgan fingerprint density at radius 2 is 1.92 bits per heavy atom. The molecule has 3 amide bonds. The molecular weight excluding hydrogens is 314 g/mol. The van der Waals surface area contributed by atoms with E-state index in [0.29, 0.717) is 11.4 Å². The van der Waals surface area contributed by atoms with Crippen molar-refractivity contribution in [1.82, 2.24) is 4.90 Å². The number of carbonyl (C=O) groups excluding carboxylic acids is 2. The van der Waals surface area contributed by atoms with E-state index in [1.54, 1.807) is 12.1 Å². The highest BCUT2D eigenvalue weighted by Crippen LogP contribution is 2.24. The molecule has 0 aromatic heterocycles. The van der Waals surface area contributed by atoms with Gasteiger partial charge in [0.1, 0.15) is 5.75 Å². The fraction of sp³-hybridized carbons (Fsp3) is 0.438. The van der Waals surface area contributed by atoms with E-state index < -0.39 is 23.8 Å². The first kappa shape index (κ1) is 19.3. The highest BCUT2D eigenvalue weighted by Gasteiger charge is 2.18. The molecule has 1 unspecified atom stereocenters. The van der Waals surface area contributed by atoms with Crippen LogP contribution in [0.3, 0.4) is 0 Å². The van der Waals surface area contributed by atoms with E-state index in [1.165, 1.54) is 24.9 Å². The molecule has 1 atom stereocenters. The molecule has 1 aromatic carbocycles. The quantitative estimate of drug-likeness (QED) is 0.700. The minimum atomic E-state index is -0.985. The molecule has 0 spiro atoms. The van der Waals surface area contributed by atoms with E-state index in [9.17, 15) is 14.4 Å². The molecule has 0 fully saturated rings. The van der Waals surface area contributed by atoms with E-state index in [2.05, 4.69) is 5.32 Å². The molecule has 0 saturated heterocycles. The third kappa shape index (κ3) is 5.45. The van der Waals surface area contributed by atoms with E-state index in [1.807, 2.05) is 13.8 Å². The van der Waals surface area contributed by atoms with Crippen LogP contribution < -0.4 is 15.8 Å². The summed E-state index contributed by atoms with van der Waals surface area (Å²) < 4.78 is 5.50. The second-order valence-electron chi connectivity index (χ2n) is 5.79. The summed E-state index contributed by atoms with van der Waals surface area (Å²) in [5.74, 6) is -2.01. The van der Waals surface area contributed by atoms with Crippen molar-refractivity contribution in [2.24, 2.45) is 11.7 Å². The van der Waals surface area contributed by atoms with Gasteiger partial charge >= 0.3 is 12.0 Å². The van der Waals surface area contributed by atoms with Gasteiger partial charge in [0.15, 0.2) is 0 Å². The monoisotopic (exact) mass is 337 g/mol. The van der Waals surface area contributed by atoms with Crippen molar-refractivity contribution in [2.75, 3.05) is 18.9 Å². The number of anilines is 1. The number of carboxylic acid groups (broad SMARTS) is 1. The normalized spacial score (nSPS) is 11.7. The molecule has 1 aromatic rings. The molecule has 8 nitrogen and oxygen atoms in total.